The number of carbonyl (C=O) groups is 1. The third-order valence-electron chi connectivity index (χ3n) is 3.26. The lowest BCUT2D eigenvalue weighted by molar-refractivity contribution is -0.116. The van der Waals surface area contributed by atoms with E-state index in [0.29, 0.717) is 10.9 Å². The zero-order valence-electron chi connectivity index (χ0n) is 11.8. The van der Waals surface area contributed by atoms with Crippen LogP contribution in [0.25, 0.3) is 10.9 Å². The molecule has 0 radical (unpaired) electrons. The molecule has 2 aromatic heterocycles. The molecule has 0 aliphatic rings. The van der Waals surface area contributed by atoms with Gasteiger partial charge in [-0.2, -0.15) is 0 Å². The quantitative estimate of drug-likeness (QED) is 0.796. The van der Waals surface area contributed by atoms with Gasteiger partial charge in [0.15, 0.2) is 0 Å². The number of aromatic nitrogens is 3. The number of amides is 1. The molecule has 1 aromatic carbocycles. The fourth-order valence-electron chi connectivity index (χ4n) is 2.14. The summed E-state index contributed by atoms with van der Waals surface area (Å²) in [6, 6.07) is 10.8. The van der Waals surface area contributed by atoms with Crippen LogP contribution in [0.15, 0.2) is 59.9 Å². The number of para-hydroxylation sites is 1. The van der Waals surface area contributed by atoms with Crippen LogP contribution in [0.5, 0.6) is 0 Å². The first-order valence-electron chi connectivity index (χ1n) is 6.88. The number of benzene rings is 1. The van der Waals surface area contributed by atoms with Crippen molar-refractivity contribution in [3.8, 4) is 0 Å². The fourth-order valence-corrected chi connectivity index (χ4v) is 2.14. The van der Waals surface area contributed by atoms with Crippen molar-refractivity contribution in [3.63, 3.8) is 0 Å². The van der Waals surface area contributed by atoms with E-state index < -0.39 is 0 Å². The van der Waals surface area contributed by atoms with Crippen molar-refractivity contribution in [1.82, 2.24) is 14.5 Å². The summed E-state index contributed by atoms with van der Waals surface area (Å²) >= 11 is 0. The molecule has 1 amide bonds. The lowest BCUT2D eigenvalue weighted by atomic mass is 10.3. The minimum Gasteiger partial charge on any atom is -0.326 e. The number of fused-ring (bicyclic) bond motifs is 1. The predicted molar refractivity (Wildman–Crippen MR) is 83.5 cm³/mol. The summed E-state index contributed by atoms with van der Waals surface area (Å²) in [4.78, 5) is 32.3. The number of hydrogen-bond donors (Lipinski definition) is 1. The molecule has 0 aliphatic heterocycles. The van der Waals surface area contributed by atoms with E-state index in [9.17, 15) is 9.59 Å². The Bertz CT molecular complexity index is 859. The van der Waals surface area contributed by atoms with Gasteiger partial charge in [-0.05, 0) is 18.2 Å². The Morgan fingerprint density at radius 1 is 1.18 bits per heavy atom. The molecule has 0 spiro atoms. The minimum atomic E-state index is -0.167. The van der Waals surface area contributed by atoms with E-state index in [1.54, 1.807) is 18.5 Å². The third kappa shape index (κ3) is 3.01. The van der Waals surface area contributed by atoms with E-state index in [2.05, 4.69) is 15.3 Å². The fraction of sp³-hybridized carbons (Fsp3) is 0.125. The van der Waals surface area contributed by atoms with Crippen LogP contribution in [0, 0.1) is 0 Å². The summed E-state index contributed by atoms with van der Waals surface area (Å²) < 4.78 is 1.44. The highest BCUT2D eigenvalue weighted by atomic mass is 16.1. The molecule has 0 bridgehead atoms. The van der Waals surface area contributed by atoms with Gasteiger partial charge in [-0.3, -0.25) is 19.1 Å². The molecule has 0 unspecified atom stereocenters. The molecule has 0 saturated carbocycles. The topological polar surface area (TPSA) is 76.9 Å². The van der Waals surface area contributed by atoms with Crippen LogP contribution in [0.2, 0.25) is 0 Å². The van der Waals surface area contributed by atoms with E-state index in [0.717, 1.165) is 5.69 Å². The predicted octanol–water partition coefficient (Wildman–Crippen LogP) is 1.82. The average molecular weight is 294 g/mol. The zero-order chi connectivity index (χ0) is 15.4. The monoisotopic (exact) mass is 294 g/mol. The van der Waals surface area contributed by atoms with Gasteiger partial charge in [0.1, 0.15) is 0 Å². The SMILES string of the molecule is O=C(CCn1cnc2cnccc2c1=O)Nc1ccccc1. The lowest BCUT2D eigenvalue weighted by Gasteiger charge is -2.07. The van der Waals surface area contributed by atoms with Crippen molar-refractivity contribution < 1.29 is 4.79 Å². The molecule has 0 fully saturated rings. The number of nitrogens with one attached hydrogen (secondary N) is 1. The lowest BCUT2D eigenvalue weighted by Crippen LogP contribution is -2.23. The van der Waals surface area contributed by atoms with Crippen molar-refractivity contribution in [1.29, 1.82) is 0 Å². The molecule has 6 nitrogen and oxygen atoms in total. The molecule has 3 aromatic rings. The summed E-state index contributed by atoms with van der Waals surface area (Å²) in [6.07, 6.45) is 4.75. The second-order valence-corrected chi connectivity index (χ2v) is 4.80. The van der Waals surface area contributed by atoms with Gasteiger partial charge in [-0.25, -0.2) is 4.98 Å². The van der Waals surface area contributed by atoms with Crippen LogP contribution in [0.4, 0.5) is 5.69 Å². The number of nitrogens with zero attached hydrogens (tertiary/aromatic N) is 3. The van der Waals surface area contributed by atoms with Crippen LogP contribution in [-0.4, -0.2) is 20.4 Å². The Hall–Kier alpha value is -3.02. The maximum atomic E-state index is 12.3. The van der Waals surface area contributed by atoms with Crippen molar-refractivity contribution in [3.05, 3.63) is 65.5 Å². The highest BCUT2D eigenvalue weighted by Crippen LogP contribution is 2.06. The Labute approximate surface area is 126 Å². The molecule has 6 heteroatoms. The van der Waals surface area contributed by atoms with Crippen LogP contribution < -0.4 is 10.9 Å². The van der Waals surface area contributed by atoms with Crippen molar-refractivity contribution in [2.45, 2.75) is 13.0 Å². The van der Waals surface area contributed by atoms with Gasteiger partial charge < -0.3 is 5.32 Å². The number of anilines is 1. The molecule has 3 rings (SSSR count). The molecule has 110 valence electrons. The van der Waals surface area contributed by atoms with Crippen molar-refractivity contribution >= 4 is 22.5 Å². The highest BCUT2D eigenvalue weighted by Gasteiger charge is 2.06. The highest BCUT2D eigenvalue weighted by molar-refractivity contribution is 5.90. The van der Waals surface area contributed by atoms with Gasteiger partial charge in [0, 0.05) is 24.8 Å². The van der Waals surface area contributed by atoms with E-state index in [1.165, 1.54) is 10.9 Å². The standard InChI is InChI=1S/C16H14N4O2/c21-15(19-12-4-2-1-3-5-12)7-9-20-11-18-14-10-17-8-6-13(14)16(20)22/h1-6,8,10-11H,7,9H2,(H,19,21). The van der Waals surface area contributed by atoms with Gasteiger partial charge in [0.25, 0.3) is 5.56 Å². The number of carbonyl (C=O) groups excluding carboxylic acids is 1. The van der Waals surface area contributed by atoms with Crippen LogP contribution >= 0.6 is 0 Å². The zero-order valence-corrected chi connectivity index (χ0v) is 11.8. The number of rotatable bonds is 4. The third-order valence-corrected chi connectivity index (χ3v) is 3.26. The Balaban J connectivity index is 1.70. The van der Waals surface area contributed by atoms with Gasteiger partial charge in [0.05, 0.1) is 23.4 Å². The van der Waals surface area contributed by atoms with Crippen LogP contribution in [0.1, 0.15) is 6.42 Å². The number of aryl methyl sites for hydroxylation is 1. The van der Waals surface area contributed by atoms with E-state index >= 15 is 0 Å². The molecule has 0 atom stereocenters. The number of pyridine rings is 1. The first kappa shape index (κ1) is 13.9. The van der Waals surface area contributed by atoms with E-state index in [4.69, 9.17) is 0 Å². The average Bonchev–Trinajstić information content (AvgIpc) is 2.55. The van der Waals surface area contributed by atoms with E-state index in [-0.39, 0.29) is 24.4 Å². The Kier molecular flexibility index (Phi) is 3.91. The molecule has 0 saturated heterocycles. The Morgan fingerprint density at radius 2 is 2.00 bits per heavy atom. The summed E-state index contributed by atoms with van der Waals surface area (Å²) in [5.74, 6) is -0.145. The second kappa shape index (κ2) is 6.17. The normalized spacial score (nSPS) is 10.5. The largest absolute Gasteiger partial charge is 0.326 e. The maximum Gasteiger partial charge on any atom is 0.261 e. The van der Waals surface area contributed by atoms with Gasteiger partial charge >= 0.3 is 0 Å². The van der Waals surface area contributed by atoms with Crippen molar-refractivity contribution in [2.75, 3.05) is 5.32 Å². The molecule has 0 aliphatic carbocycles. The van der Waals surface area contributed by atoms with Gasteiger partial charge in [0.2, 0.25) is 5.91 Å². The smallest absolute Gasteiger partial charge is 0.261 e. The summed E-state index contributed by atoms with van der Waals surface area (Å²) in [7, 11) is 0. The maximum absolute atomic E-state index is 12.3. The Morgan fingerprint density at radius 3 is 2.82 bits per heavy atom. The summed E-state index contributed by atoms with van der Waals surface area (Å²) in [5.41, 5.74) is 1.12. The van der Waals surface area contributed by atoms with Gasteiger partial charge in [-0.15, -0.1) is 0 Å². The van der Waals surface area contributed by atoms with Gasteiger partial charge in [-0.1, -0.05) is 18.2 Å². The van der Waals surface area contributed by atoms with Crippen LogP contribution in [0.3, 0.4) is 0 Å². The molecular formula is C16H14N4O2. The molecule has 2 heterocycles. The number of hydrogen-bond acceptors (Lipinski definition) is 4. The van der Waals surface area contributed by atoms with Crippen molar-refractivity contribution in [2.24, 2.45) is 0 Å². The summed E-state index contributed by atoms with van der Waals surface area (Å²) in [5, 5.41) is 3.28. The second-order valence-electron chi connectivity index (χ2n) is 4.80. The molecule has 22 heavy (non-hydrogen) atoms. The molecular weight excluding hydrogens is 280 g/mol. The minimum absolute atomic E-state index is 0.145. The van der Waals surface area contributed by atoms with E-state index in [1.807, 2.05) is 30.3 Å². The first-order chi connectivity index (χ1) is 10.7. The first-order valence-corrected chi connectivity index (χ1v) is 6.88. The summed E-state index contributed by atoms with van der Waals surface area (Å²) in [6.45, 7) is 0.281. The molecule has 1 N–H and O–H groups in total. The van der Waals surface area contributed by atoms with Crippen LogP contribution in [-0.2, 0) is 11.3 Å².